The summed E-state index contributed by atoms with van der Waals surface area (Å²) < 4.78 is 4.93. The van der Waals surface area contributed by atoms with Gasteiger partial charge in [-0.05, 0) is 39.8 Å². The molecule has 0 aliphatic heterocycles. The van der Waals surface area contributed by atoms with Crippen molar-refractivity contribution >= 4 is 17.6 Å². The summed E-state index contributed by atoms with van der Waals surface area (Å²) in [6, 6.07) is 3.61. The second kappa shape index (κ2) is 11.8. The summed E-state index contributed by atoms with van der Waals surface area (Å²) in [6.07, 6.45) is 1.34. The van der Waals surface area contributed by atoms with Gasteiger partial charge in [-0.2, -0.15) is 0 Å². The number of nitrogens with one attached hydrogen (secondary N) is 2. The van der Waals surface area contributed by atoms with E-state index in [0.717, 1.165) is 5.82 Å². The number of carbonyl (C=O) groups excluding carboxylic acids is 1. The Bertz CT molecular complexity index is 390. The van der Waals surface area contributed by atoms with Crippen molar-refractivity contribution in [2.24, 2.45) is 0 Å². The molecular weight excluding hydrogens is 268 g/mol. The summed E-state index contributed by atoms with van der Waals surface area (Å²) in [4.78, 5) is 14.7. The van der Waals surface area contributed by atoms with E-state index in [1.807, 2.05) is 41.5 Å². The summed E-state index contributed by atoms with van der Waals surface area (Å²) in [7, 11) is 1.79. The van der Waals surface area contributed by atoms with Crippen molar-refractivity contribution in [2.75, 3.05) is 24.6 Å². The van der Waals surface area contributed by atoms with Crippen LogP contribution in [0.3, 0.4) is 0 Å². The fourth-order valence-electron chi connectivity index (χ4n) is 1.09. The zero-order chi connectivity index (χ0) is 16.9. The minimum Gasteiger partial charge on any atom is -0.444 e. The predicted molar refractivity (Wildman–Crippen MR) is 89.5 cm³/mol. The lowest BCUT2D eigenvalue weighted by atomic mass is 10.2. The molecule has 0 saturated heterocycles. The monoisotopic (exact) mass is 298 g/mol. The first-order valence-corrected chi connectivity index (χ1v) is 7.15. The molecule has 1 aromatic heterocycles. The molecule has 6 nitrogen and oxygen atoms in total. The maximum absolute atomic E-state index is 10.7. The Hall–Kier alpha value is -1.98. The lowest BCUT2D eigenvalue weighted by molar-refractivity contribution is 0.0531. The molecule has 21 heavy (non-hydrogen) atoms. The van der Waals surface area contributed by atoms with Crippen molar-refractivity contribution in [2.45, 2.75) is 47.1 Å². The van der Waals surface area contributed by atoms with E-state index in [-0.39, 0.29) is 11.7 Å². The molecule has 1 amide bonds. The van der Waals surface area contributed by atoms with Crippen LogP contribution in [-0.2, 0) is 4.74 Å². The second-order valence-corrected chi connectivity index (χ2v) is 4.72. The van der Waals surface area contributed by atoms with E-state index in [4.69, 9.17) is 10.5 Å². The Labute approximate surface area is 128 Å². The molecule has 0 spiro atoms. The number of anilines is 2. The average Bonchev–Trinajstić information content (AvgIpc) is 2.40. The number of nitrogens with zero attached hydrogens (tertiary/aromatic N) is 1. The molecule has 1 heterocycles. The van der Waals surface area contributed by atoms with Gasteiger partial charge in [-0.3, -0.25) is 0 Å². The molecule has 0 aliphatic rings. The number of amides is 1. The third-order valence-electron chi connectivity index (χ3n) is 1.80. The van der Waals surface area contributed by atoms with Crippen LogP contribution < -0.4 is 16.4 Å². The maximum Gasteiger partial charge on any atom is 0.407 e. The van der Waals surface area contributed by atoms with Crippen molar-refractivity contribution in [3.8, 4) is 0 Å². The van der Waals surface area contributed by atoms with Crippen LogP contribution in [0.4, 0.5) is 16.3 Å². The molecule has 0 bridgehead atoms. The number of nitrogen functional groups attached to an aromatic ring is 1. The fraction of sp³-hybridized carbons (Fsp3) is 0.600. The predicted octanol–water partition coefficient (Wildman–Crippen LogP) is 3.26. The highest BCUT2D eigenvalue weighted by molar-refractivity contribution is 5.67. The van der Waals surface area contributed by atoms with Crippen molar-refractivity contribution in [3.63, 3.8) is 0 Å². The molecule has 1 rings (SSSR count). The molecule has 0 unspecified atom stereocenters. The van der Waals surface area contributed by atoms with Gasteiger partial charge < -0.3 is 21.1 Å². The van der Waals surface area contributed by atoms with Gasteiger partial charge in [-0.15, -0.1) is 0 Å². The molecule has 0 atom stereocenters. The van der Waals surface area contributed by atoms with Gasteiger partial charge in [0.15, 0.2) is 0 Å². The lowest BCUT2D eigenvalue weighted by Gasteiger charge is -2.19. The highest BCUT2D eigenvalue weighted by atomic mass is 16.6. The largest absolute Gasteiger partial charge is 0.444 e. The number of aromatic nitrogens is 1. The van der Waals surface area contributed by atoms with Crippen LogP contribution in [0.1, 0.15) is 41.5 Å². The van der Waals surface area contributed by atoms with E-state index in [2.05, 4.69) is 15.6 Å². The highest BCUT2D eigenvalue weighted by Gasteiger charge is 2.14. The van der Waals surface area contributed by atoms with Crippen molar-refractivity contribution in [1.29, 1.82) is 0 Å². The van der Waals surface area contributed by atoms with Crippen molar-refractivity contribution in [3.05, 3.63) is 18.3 Å². The summed E-state index contributed by atoms with van der Waals surface area (Å²) in [6.45, 7) is 12.0. The van der Waals surface area contributed by atoms with Gasteiger partial charge in [-0.25, -0.2) is 9.78 Å². The molecule has 0 radical (unpaired) electrons. The summed E-state index contributed by atoms with van der Waals surface area (Å²) in [5, 5.41) is 5.40. The minimum atomic E-state index is -0.390. The van der Waals surface area contributed by atoms with Crippen LogP contribution in [0, 0.1) is 0 Å². The summed E-state index contributed by atoms with van der Waals surface area (Å²) >= 11 is 0. The number of nitrogens with two attached hydrogens (primary N) is 1. The van der Waals surface area contributed by atoms with Gasteiger partial charge in [-0.1, -0.05) is 13.8 Å². The normalized spacial score (nSPS) is 9.29. The number of pyridine rings is 1. The van der Waals surface area contributed by atoms with Gasteiger partial charge in [0.2, 0.25) is 0 Å². The van der Waals surface area contributed by atoms with Crippen molar-refractivity contribution in [1.82, 2.24) is 10.3 Å². The van der Waals surface area contributed by atoms with Gasteiger partial charge in [0.05, 0.1) is 5.69 Å². The molecule has 0 aromatic carbocycles. The Balaban J connectivity index is 0. The van der Waals surface area contributed by atoms with Gasteiger partial charge >= 0.3 is 6.09 Å². The van der Waals surface area contributed by atoms with Gasteiger partial charge in [0.1, 0.15) is 11.4 Å². The third kappa shape index (κ3) is 12.8. The average molecular weight is 298 g/mol. The zero-order valence-electron chi connectivity index (χ0n) is 14.3. The number of hydrogen-bond donors (Lipinski definition) is 3. The first-order chi connectivity index (χ1) is 9.80. The maximum atomic E-state index is 10.7. The topological polar surface area (TPSA) is 89.3 Å². The van der Waals surface area contributed by atoms with E-state index in [1.165, 1.54) is 0 Å². The van der Waals surface area contributed by atoms with Gasteiger partial charge in [0.25, 0.3) is 0 Å². The molecular formula is C15H30N4O2. The first-order valence-electron chi connectivity index (χ1n) is 7.15. The summed E-state index contributed by atoms with van der Waals surface area (Å²) in [5.74, 6) is 0.734. The lowest BCUT2D eigenvalue weighted by Crippen LogP contribution is -2.32. The van der Waals surface area contributed by atoms with E-state index in [1.54, 1.807) is 25.4 Å². The van der Waals surface area contributed by atoms with Crippen LogP contribution in [0.5, 0.6) is 0 Å². The standard InChI is InChI=1S/C7H15NO2.C6H9N3.C2H6/c1-5-8-6(9)10-7(2,3)4;1-8-6-5(7)3-2-4-9-6;1-2/h5H2,1-4H3,(H,8,9);2-4H,7H2,1H3,(H,8,9);1-2H3. The van der Waals surface area contributed by atoms with Crippen LogP contribution in [-0.4, -0.2) is 30.3 Å². The number of alkyl carbamates (subject to hydrolysis) is 1. The van der Waals surface area contributed by atoms with E-state index in [9.17, 15) is 4.79 Å². The molecule has 0 fully saturated rings. The van der Waals surface area contributed by atoms with E-state index in [0.29, 0.717) is 12.2 Å². The number of ether oxygens (including phenoxy) is 1. The molecule has 122 valence electrons. The number of carbonyl (C=O) groups is 1. The molecule has 0 aliphatic carbocycles. The first kappa shape index (κ1) is 21.3. The van der Waals surface area contributed by atoms with Crippen LogP contribution >= 0.6 is 0 Å². The Kier molecular flexibility index (Phi) is 12.0. The van der Waals surface area contributed by atoms with Crippen LogP contribution in [0.2, 0.25) is 0 Å². The fourth-order valence-corrected chi connectivity index (χ4v) is 1.09. The van der Waals surface area contributed by atoms with Crippen LogP contribution in [0.15, 0.2) is 18.3 Å². The Morgan fingerprint density at radius 2 is 1.95 bits per heavy atom. The third-order valence-corrected chi connectivity index (χ3v) is 1.80. The van der Waals surface area contributed by atoms with Crippen LogP contribution in [0.25, 0.3) is 0 Å². The summed E-state index contributed by atoms with van der Waals surface area (Å²) in [5.41, 5.74) is 5.80. The van der Waals surface area contributed by atoms with Crippen molar-refractivity contribution < 1.29 is 9.53 Å². The highest BCUT2D eigenvalue weighted by Crippen LogP contribution is 2.10. The van der Waals surface area contributed by atoms with E-state index >= 15 is 0 Å². The Morgan fingerprint density at radius 3 is 2.29 bits per heavy atom. The zero-order valence-corrected chi connectivity index (χ0v) is 14.3. The quantitative estimate of drug-likeness (QED) is 0.779. The molecule has 4 N–H and O–H groups in total. The molecule has 0 saturated carbocycles. The smallest absolute Gasteiger partial charge is 0.407 e. The Morgan fingerprint density at radius 1 is 1.38 bits per heavy atom. The number of hydrogen-bond acceptors (Lipinski definition) is 5. The molecule has 1 aromatic rings. The van der Waals surface area contributed by atoms with Gasteiger partial charge in [0, 0.05) is 19.8 Å². The minimum absolute atomic E-state index is 0.352. The number of rotatable bonds is 2. The SMILES string of the molecule is CC.CCNC(=O)OC(C)(C)C.CNc1ncccc1N. The second-order valence-electron chi connectivity index (χ2n) is 4.72. The molecule has 6 heteroatoms. The van der Waals surface area contributed by atoms with E-state index < -0.39 is 0 Å².